The first-order chi connectivity index (χ1) is 8.70. The quantitative estimate of drug-likeness (QED) is 0.793. The van der Waals surface area contributed by atoms with Crippen LogP contribution >= 0.6 is 11.6 Å². The van der Waals surface area contributed by atoms with E-state index in [2.05, 4.69) is 9.97 Å². The molecule has 1 saturated heterocycles. The minimum atomic E-state index is 0.219. The van der Waals surface area contributed by atoms with Crippen LogP contribution in [0.2, 0.25) is 5.28 Å². The summed E-state index contributed by atoms with van der Waals surface area (Å²) in [5.74, 6) is 0.219. The number of carbonyl (C=O) groups excluding carboxylic acids is 1. The molecule has 100 valence electrons. The van der Waals surface area contributed by atoms with Crippen molar-refractivity contribution in [2.45, 2.75) is 46.6 Å². The van der Waals surface area contributed by atoms with Gasteiger partial charge in [-0.3, -0.25) is 4.79 Å². The molecule has 0 atom stereocenters. The van der Waals surface area contributed by atoms with Crippen LogP contribution in [0.25, 0.3) is 0 Å². The summed E-state index contributed by atoms with van der Waals surface area (Å²) in [5.41, 5.74) is 1.93. The fourth-order valence-electron chi connectivity index (χ4n) is 1.93. The van der Waals surface area contributed by atoms with Crippen molar-refractivity contribution in [1.82, 2.24) is 14.9 Å². The second kappa shape index (κ2) is 7.31. The molecule has 5 heteroatoms. The third-order valence-electron chi connectivity index (χ3n) is 2.79. The van der Waals surface area contributed by atoms with Crippen LogP contribution in [0.5, 0.6) is 0 Å². The number of hydrogen-bond acceptors (Lipinski definition) is 3. The number of hydrogen-bond donors (Lipinski definition) is 0. The second-order valence-electron chi connectivity index (χ2n) is 3.88. The average Bonchev–Trinajstić information content (AvgIpc) is 2.80. The van der Waals surface area contributed by atoms with Gasteiger partial charge in [0.25, 0.3) is 0 Å². The van der Waals surface area contributed by atoms with E-state index < -0.39 is 0 Å². The highest BCUT2D eigenvalue weighted by Gasteiger charge is 2.21. The molecule has 1 aliphatic heterocycles. The largest absolute Gasteiger partial charge is 0.338 e. The minimum Gasteiger partial charge on any atom is -0.338 e. The molecule has 0 aromatic carbocycles. The van der Waals surface area contributed by atoms with Crippen molar-refractivity contribution in [3.05, 3.63) is 22.7 Å². The van der Waals surface area contributed by atoms with E-state index in [1.165, 1.54) is 0 Å². The van der Waals surface area contributed by atoms with Crippen molar-refractivity contribution in [2.24, 2.45) is 0 Å². The predicted molar refractivity (Wildman–Crippen MR) is 72.4 cm³/mol. The van der Waals surface area contributed by atoms with Crippen molar-refractivity contribution in [3.63, 3.8) is 0 Å². The maximum atomic E-state index is 11.5. The van der Waals surface area contributed by atoms with Crippen LogP contribution in [0.3, 0.4) is 0 Å². The third kappa shape index (κ3) is 3.67. The van der Waals surface area contributed by atoms with Gasteiger partial charge in [0.15, 0.2) is 0 Å². The Balaban J connectivity index is 0.000000771. The number of nitrogens with zero attached hydrogens (tertiary/aromatic N) is 3. The Morgan fingerprint density at radius 1 is 1.44 bits per heavy atom. The molecule has 0 bridgehead atoms. The minimum absolute atomic E-state index is 0.219. The van der Waals surface area contributed by atoms with E-state index in [4.69, 9.17) is 11.6 Å². The second-order valence-corrected chi connectivity index (χ2v) is 4.22. The van der Waals surface area contributed by atoms with E-state index in [0.717, 1.165) is 30.6 Å². The maximum absolute atomic E-state index is 11.5. The van der Waals surface area contributed by atoms with Gasteiger partial charge in [-0.1, -0.05) is 20.8 Å². The molecule has 1 aromatic heterocycles. The summed E-state index contributed by atoms with van der Waals surface area (Å²) in [5, 5.41) is 0.272. The molecule has 1 aromatic rings. The molecule has 4 nitrogen and oxygen atoms in total. The van der Waals surface area contributed by atoms with E-state index in [9.17, 15) is 4.79 Å². The molecular formula is C13H20ClN3O. The Bertz CT molecular complexity index is 409. The lowest BCUT2D eigenvalue weighted by atomic mass is 10.2. The first kappa shape index (κ1) is 14.9. The lowest BCUT2D eigenvalue weighted by molar-refractivity contribution is -0.128. The van der Waals surface area contributed by atoms with Crippen molar-refractivity contribution >= 4 is 17.5 Å². The number of rotatable bonds is 3. The van der Waals surface area contributed by atoms with Gasteiger partial charge in [0.2, 0.25) is 11.2 Å². The molecule has 0 saturated carbocycles. The first-order valence-corrected chi connectivity index (χ1v) is 6.86. The summed E-state index contributed by atoms with van der Waals surface area (Å²) in [6, 6.07) is 0. The molecule has 2 rings (SSSR count). The third-order valence-corrected chi connectivity index (χ3v) is 2.97. The van der Waals surface area contributed by atoms with Gasteiger partial charge >= 0.3 is 0 Å². The molecule has 0 aliphatic carbocycles. The fraction of sp³-hybridized carbons (Fsp3) is 0.615. The van der Waals surface area contributed by atoms with Crippen LogP contribution in [0.15, 0.2) is 6.20 Å². The van der Waals surface area contributed by atoms with Crippen LogP contribution in [0.1, 0.15) is 44.9 Å². The van der Waals surface area contributed by atoms with Gasteiger partial charge in [-0.15, -0.1) is 0 Å². The van der Waals surface area contributed by atoms with Crippen molar-refractivity contribution in [1.29, 1.82) is 0 Å². The van der Waals surface area contributed by atoms with Crippen LogP contribution in [-0.4, -0.2) is 27.3 Å². The van der Waals surface area contributed by atoms with Crippen LogP contribution < -0.4 is 0 Å². The maximum Gasteiger partial charge on any atom is 0.222 e. The van der Waals surface area contributed by atoms with E-state index in [1.807, 2.05) is 25.7 Å². The molecule has 1 amide bonds. The van der Waals surface area contributed by atoms with Crippen molar-refractivity contribution in [2.75, 3.05) is 6.54 Å². The van der Waals surface area contributed by atoms with E-state index >= 15 is 0 Å². The van der Waals surface area contributed by atoms with Gasteiger partial charge in [-0.05, 0) is 24.4 Å². The molecule has 0 unspecified atom stereocenters. The van der Waals surface area contributed by atoms with E-state index in [0.29, 0.717) is 13.0 Å². The van der Waals surface area contributed by atoms with Crippen LogP contribution in [0.4, 0.5) is 0 Å². The SMILES string of the molecule is CC.CCc1nc(Cl)ncc1CN1CCCC1=O. The summed E-state index contributed by atoms with van der Waals surface area (Å²) in [6.45, 7) is 7.47. The zero-order valence-electron chi connectivity index (χ0n) is 11.2. The predicted octanol–water partition coefficient (Wildman–Crippen LogP) is 2.84. The van der Waals surface area contributed by atoms with E-state index in [1.54, 1.807) is 6.20 Å². The molecule has 0 radical (unpaired) electrons. The lowest BCUT2D eigenvalue weighted by Crippen LogP contribution is -2.24. The lowest BCUT2D eigenvalue weighted by Gasteiger charge is -2.16. The van der Waals surface area contributed by atoms with Gasteiger partial charge in [-0.25, -0.2) is 9.97 Å². The zero-order chi connectivity index (χ0) is 13.5. The number of carbonyl (C=O) groups is 1. The highest BCUT2D eigenvalue weighted by Crippen LogP contribution is 2.16. The van der Waals surface area contributed by atoms with Gasteiger partial charge in [0, 0.05) is 31.3 Å². The molecule has 0 spiro atoms. The van der Waals surface area contributed by atoms with Crippen LogP contribution in [0, 0.1) is 0 Å². The van der Waals surface area contributed by atoms with E-state index in [-0.39, 0.29) is 11.2 Å². The molecule has 18 heavy (non-hydrogen) atoms. The number of likely N-dealkylation sites (tertiary alicyclic amines) is 1. The normalized spacial score (nSPS) is 14.4. The zero-order valence-corrected chi connectivity index (χ0v) is 12.0. The highest BCUT2D eigenvalue weighted by atomic mass is 35.5. The summed E-state index contributed by atoms with van der Waals surface area (Å²) in [4.78, 5) is 21.5. The average molecular weight is 270 g/mol. The molecule has 0 N–H and O–H groups in total. The molecular weight excluding hydrogens is 250 g/mol. The Hall–Kier alpha value is -1.16. The Labute approximate surface area is 113 Å². The number of aryl methyl sites for hydroxylation is 1. The van der Waals surface area contributed by atoms with Gasteiger partial charge in [0.1, 0.15) is 0 Å². The smallest absolute Gasteiger partial charge is 0.222 e. The summed E-state index contributed by atoms with van der Waals surface area (Å²) < 4.78 is 0. The summed E-state index contributed by atoms with van der Waals surface area (Å²) >= 11 is 5.74. The Morgan fingerprint density at radius 3 is 2.72 bits per heavy atom. The summed E-state index contributed by atoms with van der Waals surface area (Å²) in [7, 11) is 0. The number of aromatic nitrogens is 2. The standard InChI is InChI=1S/C11H14ClN3O.C2H6/c1-2-9-8(6-13-11(12)14-9)7-15-5-3-4-10(15)16;1-2/h6H,2-5,7H2,1H3;1-2H3. The van der Waals surface area contributed by atoms with Crippen LogP contribution in [-0.2, 0) is 17.8 Å². The number of amides is 1. The molecule has 1 fully saturated rings. The number of halogens is 1. The van der Waals surface area contributed by atoms with Crippen molar-refractivity contribution in [3.8, 4) is 0 Å². The first-order valence-electron chi connectivity index (χ1n) is 6.48. The van der Waals surface area contributed by atoms with Gasteiger partial charge in [-0.2, -0.15) is 0 Å². The van der Waals surface area contributed by atoms with Crippen molar-refractivity contribution < 1.29 is 4.79 Å². The molecule has 1 aliphatic rings. The van der Waals surface area contributed by atoms with Gasteiger partial charge in [0.05, 0.1) is 5.69 Å². The fourth-order valence-corrected chi connectivity index (χ4v) is 2.08. The Morgan fingerprint density at radius 2 is 2.17 bits per heavy atom. The summed E-state index contributed by atoms with van der Waals surface area (Å²) in [6.07, 6.45) is 4.14. The highest BCUT2D eigenvalue weighted by molar-refractivity contribution is 6.28. The molecule has 2 heterocycles. The topological polar surface area (TPSA) is 46.1 Å². The monoisotopic (exact) mass is 269 g/mol. The Kier molecular flexibility index (Phi) is 6.05. The van der Waals surface area contributed by atoms with Gasteiger partial charge < -0.3 is 4.90 Å².